The fourth-order valence-corrected chi connectivity index (χ4v) is 5.38. The lowest BCUT2D eigenvalue weighted by atomic mass is 10.00. The number of anilines is 2. The maximum absolute atomic E-state index is 12.1. The molecule has 2 aromatic carbocycles. The Bertz CT molecular complexity index is 1180. The van der Waals surface area contributed by atoms with Crippen molar-refractivity contribution in [1.82, 2.24) is 4.98 Å². The van der Waals surface area contributed by atoms with Crippen molar-refractivity contribution in [1.29, 1.82) is 0 Å². The van der Waals surface area contributed by atoms with Gasteiger partial charge in [-0.25, -0.2) is 13.4 Å². The molecule has 0 fully saturated rings. The molecule has 0 unspecified atom stereocenters. The van der Waals surface area contributed by atoms with Crippen molar-refractivity contribution < 1.29 is 13.2 Å². The molecule has 0 bridgehead atoms. The van der Waals surface area contributed by atoms with Crippen LogP contribution in [0.2, 0.25) is 0 Å². The molecule has 0 spiro atoms. The number of carbonyl (C=O) groups excluding carboxylic acids is 1. The van der Waals surface area contributed by atoms with Crippen LogP contribution < -0.4 is 9.62 Å². The number of fused-ring (bicyclic) bond motifs is 1. The molecule has 1 aliphatic heterocycles. The topological polar surface area (TPSA) is 79.4 Å². The minimum Gasteiger partial charge on any atom is -0.326 e. The van der Waals surface area contributed by atoms with E-state index in [9.17, 15) is 13.2 Å². The van der Waals surface area contributed by atoms with Crippen molar-refractivity contribution in [3.05, 3.63) is 53.4 Å². The van der Waals surface area contributed by atoms with Crippen LogP contribution in [0, 0.1) is 0 Å². The van der Waals surface area contributed by atoms with Crippen LogP contribution in [-0.4, -0.2) is 32.1 Å². The summed E-state index contributed by atoms with van der Waals surface area (Å²) in [6, 6.07) is 13.5. The summed E-state index contributed by atoms with van der Waals surface area (Å²) in [5.74, 6) is -0.0128. The lowest BCUT2D eigenvalue weighted by molar-refractivity contribution is -0.115. The molecule has 0 saturated carbocycles. The van der Waals surface area contributed by atoms with E-state index in [4.69, 9.17) is 4.98 Å². The normalized spacial score (nSPS) is 13.7. The molecule has 2 heterocycles. The first kappa shape index (κ1) is 20.6. The third-order valence-electron chi connectivity index (χ3n) is 5.09. The molecule has 1 aliphatic rings. The zero-order chi connectivity index (χ0) is 21.3. The smallest absolute Gasteiger partial charge is 0.232 e. The van der Waals surface area contributed by atoms with Gasteiger partial charge in [-0.2, -0.15) is 0 Å². The molecule has 3 aromatic rings. The van der Waals surface area contributed by atoms with Gasteiger partial charge in [-0.15, -0.1) is 11.3 Å². The predicted molar refractivity (Wildman–Crippen MR) is 122 cm³/mol. The van der Waals surface area contributed by atoms with Crippen molar-refractivity contribution in [3.8, 4) is 21.8 Å². The highest BCUT2D eigenvalue weighted by Crippen LogP contribution is 2.35. The molecule has 0 saturated heterocycles. The van der Waals surface area contributed by atoms with Gasteiger partial charge in [-0.05, 0) is 54.8 Å². The molecule has 4 rings (SSSR count). The quantitative estimate of drug-likeness (QED) is 0.631. The average Bonchev–Trinajstić information content (AvgIpc) is 3.23. The third-order valence-corrected chi connectivity index (χ3v) is 7.16. The zero-order valence-electron chi connectivity index (χ0n) is 16.9. The first-order valence-corrected chi connectivity index (χ1v) is 12.5. The fraction of sp³-hybridized carbons (Fsp3) is 0.273. The minimum atomic E-state index is -3.27. The SMILES string of the molecule is CCC(=O)Nc1ccc(-c2nc(-c3ccc4c(c3)CCCN4S(C)(=O)=O)cs2)cc1. The average molecular weight is 442 g/mol. The van der Waals surface area contributed by atoms with Crippen molar-refractivity contribution >= 4 is 38.6 Å². The van der Waals surface area contributed by atoms with E-state index in [1.807, 2.05) is 48.7 Å². The number of hydrogen-bond acceptors (Lipinski definition) is 5. The van der Waals surface area contributed by atoms with Gasteiger partial charge in [0.25, 0.3) is 0 Å². The van der Waals surface area contributed by atoms with E-state index in [0.29, 0.717) is 13.0 Å². The lowest BCUT2D eigenvalue weighted by Gasteiger charge is -2.29. The highest BCUT2D eigenvalue weighted by Gasteiger charge is 2.24. The number of benzene rings is 2. The Balaban J connectivity index is 1.58. The largest absolute Gasteiger partial charge is 0.326 e. The summed E-state index contributed by atoms with van der Waals surface area (Å²) in [5, 5.41) is 5.75. The number of hydrogen-bond donors (Lipinski definition) is 1. The lowest BCUT2D eigenvalue weighted by Crippen LogP contribution is -2.34. The maximum atomic E-state index is 12.1. The van der Waals surface area contributed by atoms with Gasteiger partial charge in [0.15, 0.2) is 0 Å². The van der Waals surface area contributed by atoms with Crippen LogP contribution in [-0.2, 0) is 21.2 Å². The summed E-state index contributed by atoms with van der Waals surface area (Å²) < 4.78 is 25.6. The summed E-state index contributed by atoms with van der Waals surface area (Å²) in [5.41, 5.74) is 5.42. The van der Waals surface area contributed by atoms with Crippen LogP contribution in [0.25, 0.3) is 21.8 Å². The molecule has 1 amide bonds. The second-order valence-corrected chi connectivity index (χ2v) is 10.1. The van der Waals surface area contributed by atoms with Gasteiger partial charge in [-0.3, -0.25) is 9.10 Å². The number of carbonyl (C=O) groups is 1. The van der Waals surface area contributed by atoms with Gasteiger partial charge in [0.05, 0.1) is 17.6 Å². The Morgan fingerprint density at radius 3 is 2.60 bits per heavy atom. The van der Waals surface area contributed by atoms with Crippen LogP contribution in [0.1, 0.15) is 25.3 Å². The van der Waals surface area contributed by atoms with Crippen LogP contribution in [0.4, 0.5) is 11.4 Å². The number of aromatic nitrogens is 1. The first-order chi connectivity index (χ1) is 14.3. The first-order valence-electron chi connectivity index (χ1n) is 9.82. The van der Waals surface area contributed by atoms with Gasteiger partial charge >= 0.3 is 0 Å². The summed E-state index contributed by atoms with van der Waals surface area (Å²) in [6.07, 6.45) is 3.37. The molecule has 0 atom stereocenters. The fourth-order valence-electron chi connectivity index (χ4n) is 3.55. The predicted octanol–water partition coefficient (Wildman–Crippen LogP) is 4.54. The number of amides is 1. The second kappa shape index (κ2) is 8.20. The molecule has 8 heteroatoms. The highest BCUT2D eigenvalue weighted by atomic mass is 32.2. The Hall–Kier alpha value is -2.71. The Morgan fingerprint density at radius 1 is 1.17 bits per heavy atom. The van der Waals surface area contributed by atoms with E-state index < -0.39 is 10.0 Å². The van der Waals surface area contributed by atoms with Gasteiger partial charge < -0.3 is 5.32 Å². The van der Waals surface area contributed by atoms with Crippen molar-refractivity contribution in [2.24, 2.45) is 0 Å². The third kappa shape index (κ3) is 4.24. The Morgan fingerprint density at radius 2 is 1.90 bits per heavy atom. The second-order valence-electron chi connectivity index (χ2n) is 7.30. The summed E-state index contributed by atoms with van der Waals surface area (Å²) in [7, 11) is -3.27. The Kier molecular flexibility index (Phi) is 5.62. The molecule has 1 N–H and O–H groups in total. The molecule has 0 radical (unpaired) electrons. The van der Waals surface area contributed by atoms with E-state index in [2.05, 4.69) is 11.4 Å². The number of nitrogens with one attached hydrogen (secondary N) is 1. The minimum absolute atomic E-state index is 0.0128. The number of rotatable bonds is 5. The molecular formula is C22H23N3O3S2. The number of aryl methyl sites for hydroxylation is 1. The zero-order valence-corrected chi connectivity index (χ0v) is 18.5. The van der Waals surface area contributed by atoms with Gasteiger partial charge in [0, 0.05) is 35.2 Å². The monoisotopic (exact) mass is 441 g/mol. The summed E-state index contributed by atoms with van der Waals surface area (Å²) >= 11 is 1.56. The molecule has 0 aliphatic carbocycles. The molecular weight excluding hydrogens is 418 g/mol. The summed E-state index contributed by atoms with van der Waals surface area (Å²) in [6.45, 7) is 2.35. The molecule has 1 aromatic heterocycles. The van der Waals surface area contributed by atoms with E-state index in [0.717, 1.165) is 51.6 Å². The van der Waals surface area contributed by atoms with E-state index >= 15 is 0 Å². The number of sulfonamides is 1. The van der Waals surface area contributed by atoms with Gasteiger partial charge in [0.1, 0.15) is 5.01 Å². The van der Waals surface area contributed by atoms with E-state index in [1.54, 1.807) is 11.3 Å². The van der Waals surface area contributed by atoms with Crippen molar-refractivity contribution in [2.45, 2.75) is 26.2 Å². The summed E-state index contributed by atoms with van der Waals surface area (Å²) in [4.78, 5) is 16.3. The number of nitrogens with zero attached hydrogens (tertiary/aromatic N) is 2. The van der Waals surface area contributed by atoms with E-state index in [-0.39, 0.29) is 5.91 Å². The van der Waals surface area contributed by atoms with Gasteiger partial charge in [0.2, 0.25) is 15.9 Å². The van der Waals surface area contributed by atoms with Crippen LogP contribution in [0.5, 0.6) is 0 Å². The van der Waals surface area contributed by atoms with Crippen LogP contribution >= 0.6 is 11.3 Å². The van der Waals surface area contributed by atoms with Crippen LogP contribution in [0.15, 0.2) is 47.8 Å². The maximum Gasteiger partial charge on any atom is 0.232 e. The Labute approximate surface area is 180 Å². The van der Waals surface area contributed by atoms with Crippen molar-refractivity contribution in [2.75, 3.05) is 22.4 Å². The van der Waals surface area contributed by atoms with E-state index in [1.165, 1.54) is 10.6 Å². The molecule has 156 valence electrons. The van der Waals surface area contributed by atoms with Gasteiger partial charge in [-0.1, -0.05) is 13.0 Å². The standard InChI is InChI=1S/C22H23N3O3S2/c1-3-21(26)23-18-9-6-15(7-10-18)22-24-19(14-29-22)16-8-11-20-17(13-16)5-4-12-25(20)30(2,27)28/h6-11,13-14H,3-5,12H2,1-2H3,(H,23,26). The molecule has 30 heavy (non-hydrogen) atoms. The highest BCUT2D eigenvalue weighted by molar-refractivity contribution is 7.92. The van der Waals surface area contributed by atoms with Crippen LogP contribution in [0.3, 0.4) is 0 Å². The number of thiazole rings is 1. The van der Waals surface area contributed by atoms with Crippen molar-refractivity contribution in [3.63, 3.8) is 0 Å². The molecule has 6 nitrogen and oxygen atoms in total.